The minimum Gasteiger partial charge on any atom is -0.387 e. The number of anilines is 1. The quantitative estimate of drug-likeness (QED) is 0.394. The number of H-pyrrole nitrogens is 1. The third-order valence-corrected chi connectivity index (χ3v) is 5.60. The topological polar surface area (TPSA) is 88.7 Å². The summed E-state index contributed by atoms with van der Waals surface area (Å²) < 4.78 is 3.65. The molecule has 0 atom stereocenters. The summed E-state index contributed by atoms with van der Waals surface area (Å²) in [6, 6.07) is 10.2. The summed E-state index contributed by atoms with van der Waals surface area (Å²) in [6.07, 6.45) is 16.9. The van der Waals surface area contributed by atoms with Crippen LogP contribution in [0.1, 0.15) is 5.56 Å². The number of nitrogens with one attached hydrogen (secondary N) is 2. The molecule has 0 aliphatic rings. The summed E-state index contributed by atoms with van der Waals surface area (Å²) in [5.74, 6) is 0. The van der Waals surface area contributed by atoms with Crippen LogP contribution in [-0.4, -0.2) is 41.4 Å². The number of aromatic nitrogens is 7. The molecular weight excluding hydrogens is 424 g/mol. The summed E-state index contributed by atoms with van der Waals surface area (Å²) in [7, 11) is 3.78. The van der Waals surface area contributed by atoms with Crippen molar-refractivity contribution < 1.29 is 0 Å². The highest BCUT2D eigenvalue weighted by molar-refractivity contribution is 5.96. The Kier molecular flexibility index (Phi) is 5.61. The fourth-order valence-corrected chi connectivity index (χ4v) is 3.81. The Morgan fingerprint density at radius 3 is 2.65 bits per heavy atom. The summed E-state index contributed by atoms with van der Waals surface area (Å²) in [4.78, 5) is 11.7. The number of hydrogen-bond donors (Lipinski definition) is 2. The van der Waals surface area contributed by atoms with Gasteiger partial charge in [0.15, 0.2) is 0 Å². The lowest BCUT2D eigenvalue weighted by Crippen LogP contribution is -1.87. The van der Waals surface area contributed by atoms with E-state index in [-0.39, 0.29) is 0 Å². The predicted molar refractivity (Wildman–Crippen MR) is 136 cm³/mol. The van der Waals surface area contributed by atoms with Crippen molar-refractivity contribution in [2.45, 2.75) is 0 Å². The van der Waals surface area contributed by atoms with Crippen LogP contribution in [0.3, 0.4) is 0 Å². The average molecular weight is 449 g/mol. The number of fused-ring (bicyclic) bond motifs is 2. The smallest absolute Gasteiger partial charge is 0.137 e. The fraction of sp³-hybridized carbons (Fsp3) is 0.0769. The highest BCUT2D eigenvalue weighted by Gasteiger charge is 2.11. The van der Waals surface area contributed by atoms with Crippen LogP contribution in [0.4, 0.5) is 5.69 Å². The number of pyridine rings is 3. The highest BCUT2D eigenvalue weighted by atomic mass is 15.2. The first-order valence-electron chi connectivity index (χ1n) is 10.8. The van der Waals surface area contributed by atoms with E-state index in [1.807, 2.05) is 74.0 Å². The van der Waals surface area contributed by atoms with Gasteiger partial charge in [0.1, 0.15) is 5.65 Å². The zero-order valence-electron chi connectivity index (χ0n) is 19.0. The van der Waals surface area contributed by atoms with Crippen LogP contribution in [-0.2, 0) is 7.05 Å². The van der Waals surface area contributed by atoms with E-state index in [2.05, 4.69) is 55.2 Å². The zero-order valence-corrected chi connectivity index (χ0v) is 19.0. The minimum atomic E-state index is 0.866. The Morgan fingerprint density at radius 2 is 1.94 bits per heavy atom. The predicted octanol–water partition coefficient (Wildman–Crippen LogP) is 5.04. The van der Waals surface area contributed by atoms with Gasteiger partial charge >= 0.3 is 0 Å². The van der Waals surface area contributed by atoms with Crippen LogP contribution in [0, 0.1) is 0 Å². The van der Waals surface area contributed by atoms with E-state index in [1.54, 1.807) is 17.1 Å². The zero-order chi connectivity index (χ0) is 23.5. The van der Waals surface area contributed by atoms with Gasteiger partial charge in [-0.15, -0.1) is 0 Å². The molecule has 168 valence electrons. The van der Waals surface area contributed by atoms with Gasteiger partial charge in [-0.2, -0.15) is 10.2 Å². The molecule has 6 heterocycles. The van der Waals surface area contributed by atoms with E-state index in [9.17, 15) is 0 Å². The van der Waals surface area contributed by atoms with Crippen molar-refractivity contribution in [2.24, 2.45) is 7.05 Å². The molecule has 0 aliphatic heterocycles. The molecule has 0 radical (unpaired) electrons. The molecule has 0 spiro atoms. The molecule has 0 amide bonds. The standard InChI is InChI=1S/C20H16N6.C6H8N2/c1-3-13-9-24-26-5-4-14(7-19(13)26)18-11-22-20-17(18)6-15(8-21-20)16-10-23-25(2)12-16;1-7-6-3-2-4-8-5-6/h3-12H,1H2,2H3,(H,21,22);2-5,7H,1H3. The minimum absolute atomic E-state index is 0.866. The van der Waals surface area contributed by atoms with Crippen molar-refractivity contribution in [2.75, 3.05) is 12.4 Å². The van der Waals surface area contributed by atoms with Gasteiger partial charge < -0.3 is 10.3 Å². The molecule has 0 saturated carbocycles. The van der Waals surface area contributed by atoms with Crippen molar-refractivity contribution >= 4 is 28.3 Å². The lowest BCUT2D eigenvalue weighted by molar-refractivity contribution is 0.768. The summed E-state index contributed by atoms with van der Waals surface area (Å²) in [6.45, 7) is 3.87. The van der Waals surface area contributed by atoms with Gasteiger partial charge in [-0.05, 0) is 35.9 Å². The second-order valence-corrected chi connectivity index (χ2v) is 7.77. The van der Waals surface area contributed by atoms with Crippen LogP contribution in [0.2, 0.25) is 0 Å². The van der Waals surface area contributed by atoms with E-state index in [1.165, 1.54) is 0 Å². The van der Waals surface area contributed by atoms with Gasteiger partial charge in [0.2, 0.25) is 0 Å². The van der Waals surface area contributed by atoms with Crippen molar-refractivity contribution in [3.8, 4) is 22.3 Å². The van der Waals surface area contributed by atoms with Crippen molar-refractivity contribution in [3.05, 3.63) is 92.0 Å². The number of rotatable bonds is 4. The third kappa shape index (κ3) is 4.04. The fourth-order valence-electron chi connectivity index (χ4n) is 3.81. The van der Waals surface area contributed by atoms with Gasteiger partial charge in [0.25, 0.3) is 0 Å². The molecule has 6 rings (SSSR count). The van der Waals surface area contributed by atoms with Crippen LogP contribution in [0.15, 0.2) is 86.5 Å². The largest absolute Gasteiger partial charge is 0.387 e. The maximum absolute atomic E-state index is 4.57. The summed E-state index contributed by atoms with van der Waals surface area (Å²) >= 11 is 0. The van der Waals surface area contributed by atoms with Crippen LogP contribution in [0.25, 0.3) is 44.9 Å². The van der Waals surface area contributed by atoms with Crippen molar-refractivity contribution in [3.63, 3.8) is 0 Å². The second kappa shape index (κ2) is 9.03. The third-order valence-electron chi connectivity index (χ3n) is 5.60. The molecule has 0 unspecified atom stereocenters. The molecule has 0 bridgehead atoms. The highest BCUT2D eigenvalue weighted by Crippen LogP contribution is 2.31. The molecule has 0 saturated heterocycles. The normalized spacial score (nSPS) is 10.8. The SMILES string of the molecule is C=Cc1cnn2ccc(-c3c[nH]c4ncc(-c5cnn(C)c5)cc34)cc12.CNc1cccnc1. The Balaban J connectivity index is 0.000000257. The molecule has 0 aromatic carbocycles. The molecule has 0 fully saturated rings. The van der Waals surface area contributed by atoms with Crippen LogP contribution < -0.4 is 5.32 Å². The van der Waals surface area contributed by atoms with Crippen LogP contribution in [0.5, 0.6) is 0 Å². The Morgan fingerprint density at radius 1 is 1.03 bits per heavy atom. The van der Waals surface area contributed by atoms with E-state index in [4.69, 9.17) is 0 Å². The molecular formula is C26H24N8. The first-order valence-corrected chi connectivity index (χ1v) is 10.8. The maximum Gasteiger partial charge on any atom is 0.137 e. The lowest BCUT2D eigenvalue weighted by atomic mass is 10.0. The molecule has 8 heteroatoms. The van der Waals surface area contributed by atoms with E-state index in [0.717, 1.165) is 50.1 Å². The van der Waals surface area contributed by atoms with Gasteiger partial charge in [-0.3, -0.25) is 9.67 Å². The van der Waals surface area contributed by atoms with Gasteiger partial charge in [0, 0.05) is 78.9 Å². The molecule has 0 aliphatic carbocycles. The Bertz CT molecular complexity index is 1570. The summed E-state index contributed by atoms with van der Waals surface area (Å²) in [5.41, 5.74) is 8.27. The van der Waals surface area contributed by atoms with Gasteiger partial charge in [-0.1, -0.05) is 12.7 Å². The Labute approximate surface area is 196 Å². The monoisotopic (exact) mass is 448 g/mol. The van der Waals surface area contributed by atoms with Gasteiger partial charge in [-0.25, -0.2) is 9.50 Å². The molecule has 2 N–H and O–H groups in total. The molecule has 8 nitrogen and oxygen atoms in total. The molecule has 6 aromatic rings. The number of nitrogens with zero attached hydrogens (tertiary/aromatic N) is 6. The van der Waals surface area contributed by atoms with Crippen molar-refractivity contribution in [1.29, 1.82) is 0 Å². The first kappa shape index (κ1) is 21.1. The van der Waals surface area contributed by atoms with E-state index < -0.39 is 0 Å². The second-order valence-electron chi connectivity index (χ2n) is 7.77. The van der Waals surface area contributed by atoms with E-state index in [0.29, 0.717) is 0 Å². The molecule has 6 aromatic heterocycles. The van der Waals surface area contributed by atoms with Crippen molar-refractivity contribution in [1.82, 2.24) is 34.3 Å². The Hall–Kier alpha value is -4.72. The first-order chi connectivity index (χ1) is 16.7. The molecule has 34 heavy (non-hydrogen) atoms. The average Bonchev–Trinajstić information content (AvgIpc) is 3.62. The van der Waals surface area contributed by atoms with E-state index >= 15 is 0 Å². The van der Waals surface area contributed by atoms with Crippen LogP contribution >= 0.6 is 0 Å². The number of aromatic amines is 1. The summed E-state index contributed by atoms with van der Waals surface area (Å²) in [5, 5.41) is 12.6. The lowest BCUT2D eigenvalue weighted by Gasteiger charge is -2.03. The number of hydrogen-bond acceptors (Lipinski definition) is 5. The maximum atomic E-state index is 4.57. The van der Waals surface area contributed by atoms with Gasteiger partial charge in [0.05, 0.1) is 23.6 Å². The number of aryl methyl sites for hydroxylation is 1.